The molecule has 162 valence electrons. The number of carbonyl (C=O) groups excluding carboxylic acids is 2. The molecule has 0 aromatic heterocycles. The molecular formula is C17H11F6NO5S. The Morgan fingerprint density at radius 3 is 1.67 bits per heavy atom. The van der Waals surface area contributed by atoms with E-state index in [1.165, 1.54) is 0 Å². The number of nitrogens with zero attached hydrogens (tertiary/aromatic N) is 1. The molecule has 4 rings (SSSR count). The van der Waals surface area contributed by atoms with Gasteiger partial charge >= 0.3 is 22.5 Å². The first-order valence-electron chi connectivity index (χ1n) is 8.50. The van der Waals surface area contributed by atoms with E-state index in [2.05, 4.69) is 4.28 Å². The Morgan fingerprint density at radius 2 is 1.27 bits per heavy atom. The fraction of sp³-hybridized carbons (Fsp3) is 0.412. The second-order valence-corrected chi connectivity index (χ2v) is 8.77. The molecule has 2 aliphatic carbocycles. The quantitative estimate of drug-likeness (QED) is 0.398. The Morgan fingerprint density at radius 1 is 0.833 bits per heavy atom. The molecule has 30 heavy (non-hydrogen) atoms. The minimum absolute atomic E-state index is 0.0539. The number of alkyl halides is 6. The third-order valence-electron chi connectivity index (χ3n) is 5.45. The Bertz CT molecular complexity index is 1010. The largest absolute Gasteiger partial charge is 0.416 e. The lowest BCUT2D eigenvalue weighted by Gasteiger charge is -2.18. The van der Waals surface area contributed by atoms with Gasteiger partial charge in [-0.3, -0.25) is 9.59 Å². The van der Waals surface area contributed by atoms with Crippen molar-refractivity contribution < 1.29 is 48.6 Å². The minimum Gasteiger partial charge on any atom is -0.272 e. The molecule has 4 unspecified atom stereocenters. The third kappa shape index (κ3) is 3.20. The first-order valence-corrected chi connectivity index (χ1v) is 9.91. The number of allylic oxidation sites excluding steroid dienone is 2. The number of halogens is 6. The zero-order valence-electron chi connectivity index (χ0n) is 14.6. The van der Waals surface area contributed by atoms with Gasteiger partial charge in [0.05, 0.1) is 27.9 Å². The van der Waals surface area contributed by atoms with Gasteiger partial charge in [-0.2, -0.15) is 34.8 Å². The van der Waals surface area contributed by atoms with Crippen LogP contribution in [0.15, 0.2) is 35.2 Å². The summed E-state index contributed by atoms with van der Waals surface area (Å²) in [7, 11) is -5.36. The van der Waals surface area contributed by atoms with E-state index in [0.717, 1.165) is 0 Å². The van der Waals surface area contributed by atoms with Crippen molar-refractivity contribution in [1.29, 1.82) is 0 Å². The Labute approximate surface area is 165 Å². The van der Waals surface area contributed by atoms with Crippen LogP contribution in [0.5, 0.6) is 0 Å². The fourth-order valence-electron chi connectivity index (χ4n) is 4.16. The normalized spacial score (nSPS) is 28.5. The first-order chi connectivity index (χ1) is 13.7. The van der Waals surface area contributed by atoms with Gasteiger partial charge in [0.25, 0.3) is 11.8 Å². The van der Waals surface area contributed by atoms with Crippen LogP contribution in [0.3, 0.4) is 0 Å². The molecule has 2 fully saturated rings. The molecular weight excluding hydrogens is 444 g/mol. The first kappa shape index (κ1) is 20.8. The Balaban J connectivity index is 1.69. The monoisotopic (exact) mass is 455 g/mol. The standard InChI is InChI=1S/C17H11F6NO5S/c18-16(19,20)9-4-10(17(21,22)23)6-11(5-9)30(27,28)29-24-14(25)12-7-1-2-8(3-7)13(12)15(24)26/h1-2,4-8,12-13H,3H2. The highest BCUT2D eigenvalue weighted by Crippen LogP contribution is 2.52. The Hall–Kier alpha value is -2.41. The van der Waals surface area contributed by atoms with Gasteiger partial charge < -0.3 is 0 Å². The number of imide groups is 1. The van der Waals surface area contributed by atoms with E-state index < -0.39 is 62.1 Å². The molecule has 1 heterocycles. The van der Waals surface area contributed by atoms with Gasteiger partial charge in [0.2, 0.25) is 0 Å². The number of fused-ring (bicyclic) bond motifs is 5. The van der Waals surface area contributed by atoms with Crippen molar-refractivity contribution in [3.63, 3.8) is 0 Å². The maximum atomic E-state index is 13.0. The smallest absolute Gasteiger partial charge is 0.272 e. The minimum atomic E-state index is -5.36. The molecule has 0 spiro atoms. The maximum Gasteiger partial charge on any atom is 0.416 e. The van der Waals surface area contributed by atoms with Gasteiger partial charge in [0, 0.05) is 0 Å². The molecule has 2 bridgehead atoms. The summed E-state index contributed by atoms with van der Waals surface area (Å²) in [5, 5.41) is -0.0651. The van der Waals surface area contributed by atoms with Gasteiger partial charge in [-0.1, -0.05) is 12.2 Å². The van der Waals surface area contributed by atoms with Crippen molar-refractivity contribution in [2.24, 2.45) is 23.7 Å². The van der Waals surface area contributed by atoms with E-state index in [0.29, 0.717) is 6.42 Å². The van der Waals surface area contributed by atoms with E-state index in [4.69, 9.17) is 0 Å². The highest BCUT2D eigenvalue weighted by atomic mass is 32.2. The van der Waals surface area contributed by atoms with Gasteiger partial charge in [-0.05, 0) is 36.5 Å². The third-order valence-corrected chi connectivity index (χ3v) is 6.61. The van der Waals surface area contributed by atoms with Crippen LogP contribution in [0.4, 0.5) is 26.3 Å². The second-order valence-electron chi connectivity index (χ2n) is 7.24. The average Bonchev–Trinajstić information content (AvgIpc) is 3.30. The lowest BCUT2D eigenvalue weighted by atomic mass is 9.85. The van der Waals surface area contributed by atoms with Crippen molar-refractivity contribution in [3.05, 3.63) is 41.5 Å². The summed E-state index contributed by atoms with van der Waals surface area (Å²) in [5.41, 5.74) is -3.75. The van der Waals surface area contributed by atoms with Gasteiger partial charge in [-0.15, -0.1) is 9.35 Å². The van der Waals surface area contributed by atoms with E-state index >= 15 is 0 Å². The number of carbonyl (C=O) groups is 2. The molecule has 0 radical (unpaired) electrons. The molecule has 4 atom stereocenters. The number of benzene rings is 1. The fourth-order valence-corrected chi connectivity index (χ4v) is 5.13. The molecule has 1 aliphatic heterocycles. The van der Waals surface area contributed by atoms with Crippen molar-refractivity contribution in [3.8, 4) is 0 Å². The Kier molecular flexibility index (Phi) is 4.37. The molecule has 1 aromatic rings. The zero-order chi connectivity index (χ0) is 22.2. The summed E-state index contributed by atoms with van der Waals surface area (Å²) in [5.74, 6) is -4.33. The van der Waals surface area contributed by atoms with Crippen molar-refractivity contribution in [2.45, 2.75) is 23.7 Å². The van der Waals surface area contributed by atoms with Crippen molar-refractivity contribution in [2.75, 3.05) is 0 Å². The van der Waals surface area contributed by atoms with Gasteiger partial charge in [0.15, 0.2) is 0 Å². The van der Waals surface area contributed by atoms with Crippen LogP contribution in [0.1, 0.15) is 17.5 Å². The number of hydroxylamine groups is 2. The summed E-state index contributed by atoms with van der Waals surface area (Å²) in [6, 6.07) is -0.359. The molecule has 1 saturated carbocycles. The summed E-state index contributed by atoms with van der Waals surface area (Å²) >= 11 is 0. The van der Waals surface area contributed by atoms with Crippen LogP contribution in [0, 0.1) is 23.7 Å². The van der Waals surface area contributed by atoms with Crippen molar-refractivity contribution in [1.82, 2.24) is 5.06 Å². The van der Waals surface area contributed by atoms with Crippen LogP contribution in [-0.4, -0.2) is 25.3 Å². The van der Waals surface area contributed by atoms with E-state index in [1.54, 1.807) is 12.2 Å². The van der Waals surface area contributed by atoms with Crippen LogP contribution in [-0.2, 0) is 36.3 Å². The highest BCUT2D eigenvalue weighted by Gasteiger charge is 2.61. The number of hydrogen-bond acceptors (Lipinski definition) is 5. The van der Waals surface area contributed by atoms with E-state index in [9.17, 15) is 44.3 Å². The van der Waals surface area contributed by atoms with Crippen molar-refractivity contribution >= 4 is 21.9 Å². The van der Waals surface area contributed by atoms with Crippen LogP contribution in [0.2, 0.25) is 0 Å². The summed E-state index contributed by atoms with van der Waals surface area (Å²) < 4.78 is 107. The summed E-state index contributed by atoms with van der Waals surface area (Å²) in [6.07, 6.45) is -6.63. The number of hydrogen-bond donors (Lipinski definition) is 0. The second kappa shape index (κ2) is 6.30. The maximum absolute atomic E-state index is 13.0. The lowest BCUT2D eigenvalue weighted by molar-refractivity contribution is -0.166. The molecule has 6 nitrogen and oxygen atoms in total. The number of rotatable bonds is 3. The predicted octanol–water partition coefficient (Wildman–Crippen LogP) is 3.15. The van der Waals surface area contributed by atoms with Gasteiger partial charge in [0.1, 0.15) is 0 Å². The van der Waals surface area contributed by atoms with Crippen LogP contribution < -0.4 is 0 Å². The predicted molar refractivity (Wildman–Crippen MR) is 84.3 cm³/mol. The van der Waals surface area contributed by atoms with E-state index in [1.807, 2.05) is 0 Å². The summed E-state index contributed by atoms with van der Waals surface area (Å²) in [6.45, 7) is 0. The highest BCUT2D eigenvalue weighted by molar-refractivity contribution is 7.86. The van der Waals surface area contributed by atoms with E-state index in [-0.39, 0.29) is 35.1 Å². The molecule has 1 aromatic carbocycles. The molecule has 1 saturated heterocycles. The lowest BCUT2D eigenvalue weighted by Crippen LogP contribution is -2.35. The zero-order valence-corrected chi connectivity index (χ0v) is 15.4. The average molecular weight is 455 g/mol. The SMILES string of the molecule is O=C1C2C3C=CC(C3)C2C(=O)N1OS(=O)(=O)c1cc(C(F)(F)F)cc(C(F)(F)F)c1. The van der Waals surface area contributed by atoms with Crippen LogP contribution in [0.25, 0.3) is 0 Å². The molecule has 2 amide bonds. The molecule has 0 N–H and O–H groups in total. The number of amides is 2. The topological polar surface area (TPSA) is 80.8 Å². The van der Waals surface area contributed by atoms with Crippen LogP contribution >= 0.6 is 0 Å². The van der Waals surface area contributed by atoms with Gasteiger partial charge in [-0.25, -0.2) is 0 Å². The molecule has 13 heteroatoms. The summed E-state index contributed by atoms with van der Waals surface area (Å²) in [4.78, 5) is 23.5. The molecule has 3 aliphatic rings.